The van der Waals surface area contributed by atoms with Gasteiger partial charge in [0.2, 0.25) is 0 Å². The summed E-state index contributed by atoms with van der Waals surface area (Å²) in [5, 5.41) is 39.0. The molecule has 2 atom stereocenters. The van der Waals surface area contributed by atoms with Crippen LogP contribution in [-0.2, 0) is 0 Å². The Kier molecular flexibility index (Phi) is 5.28. The molecule has 1 aromatic rings. The number of aliphatic hydroxyl groups is 2. The number of carboxylic acids is 1. The smallest absolute Gasteiger partial charge is 0.342 e. The van der Waals surface area contributed by atoms with E-state index in [0.717, 1.165) is 12.1 Å². The molecular weight excluding hydrogens is 274 g/mol. The third-order valence-corrected chi connectivity index (χ3v) is 2.84. The van der Waals surface area contributed by atoms with E-state index in [1.54, 1.807) is 0 Å². The van der Waals surface area contributed by atoms with Crippen molar-refractivity contribution in [2.75, 3.05) is 5.75 Å². The van der Waals surface area contributed by atoms with Crippen molar-refractivity contribution in [3.8, 4) is 0 Å². The minimum absolute atomic E-state index is 0.109. The van der Waals surface area contributed by atoms with Gasteiger partial charge >= 0.3 is 5.97 Å². The summed E-state index contributed by atoms with van der Waals surface area (Å²) >= 11 is 3.91. The molecule has 0 aromatic heterocycles. The third kappa shape index (κ3) is 3.66. The Balaban J connectivity index is 3.15. The lowest BCUT2D eigenvalue weighted by atomic mass is 9.99. The molecule has 0 amide bonds. The van der Waals surface area contributed by atoms with E-state index in [-0.39, 0.29) is 12.0 Å². The van der Waals surface area contributed by atoms with Crippen molar-refractivity contribution in [2.45, 2.75) is 18.6 Å². The van der Waals surface area contributed by atoms with E-state index in [1.807, 2.05) is 0 Å². The number of benzene rings is 1. The molecule has 7 nitrogen and oxygen atoms in total. The highest BCUT2D eigenvalue weighted by Gasteiger charge is 2.24. The first-order chi connectivity index (χ1) is 8.88. The standard InChI is InChI=1S/C11H13NO6S/c13-9(3-4-19)10(14)6-1-2-8(12(17)18)7(5-6)11(15)16/h1-2,5,9-10,13-14,19H,3-4H2,(H,15,16). The quantitative estimate of drug-likeness (QED) is 0.352. The molecular formula is C11H13NO6S. The van der Waals surface area contributed by atoms with Crippen molar-refractivity contribution in [1.82, 2.24) is 0 Å². The summed E-state index contributed by atoms with van der Waals surface area (Å²) in [6.45, 7) is 0. The van der Waals surface area contributed by atoms with Crippen molar-refractivity contribution in [2.24, 2.45) is 0 Å². The van der Waals surface area contributed by atoms with Crippen molar-refractivity contribution >= 4 is 24.3 Å². The van der Waals surface area contributed by atoms with E-state index in [9.17, 15) is 25.1 Å². The molecule has 3 N–H and O–H groups in total. The monoisotopic (exact) mass is 287 g/mol. The second kappa shape index (κ2) is 6.50. The Bertz CT molecular complexity index is 492. The number of nitro groups is 1. The molecule has 0 heterocycles. The Hall–Kier alpha value is -1.64. The molecule has 0 aliphatic rings. The Labute approximate surface area is 114 Å². The van der Waals surface area contributed by atoms with E-state index < -0.39 is 34.4 Å². The minimum atomic E-state index is -1.47. The van der Waals surface area contributed by atoms with Crippen LogP contribution in [0.3, 0.4) is 0 Å². The van der Waals surface area contributed by atoms with Gasteiger partial charge in [0.25, 0.3) is 5.69 Å². The van der Waals surface area contributed by atoms with Crippen LogP contribution in [0.1, 0.15) is 28.4 Å². The number of nitro benzene ring substituents is 1. The molecule has 0 saturated heterocycles. The van der Waals surface area contributed by atoms with Gasteiger partial charge in [0.15, 0.2) is 0 Å². The second-order valence-electron chi connectivity index (χ2n) is 3.86. The summed E-state index contributed by atoms with van der Waals surface area (Å²) in [6.07, 6.45) is -2.21. The molecule has 0 aliphatic carbocycles. The van der Waals surface area contributed by atoms with Crippen LogP contribution >= 0.6 is 12.6 Å². The maximum Gasteiger partial charge on any atom is 0.342 e. The summed E-state index contributed by atoms with van der Waals surface area (Å²) < 4.78 is 0. The predicted molar refractivity (Wildman–Crippen MR) is 69.5 cm³/mol. The van der Waals surface area contributed by atoms with Crippen molar-refractivity contribution in [3.05, 3.63) is 39.4 Å². The largest absolute Gasteiger partial charge is 0.477 e. The van der Waals surface area contributed by atoms with Gasteiger partial charge in [0.1, 0.15) is 11.7 Å². The van der Waals surface area contributed by atoms with Crippen LogP contribution < -0.4 is 0 Å². The molecule has 0 saturated carbocycles. The van der Waals surface area contributed by atoms with E-state index in [0.29, 0.717) is 5.75 Å². The van der Waals surface area contributed by atoms with Crippen LogP contribution in [0.2, 0.25) is 0 Å². The highest BCUT2D eigenvalue weighted by molar-refractivity contribution is 7.80. The van der Waals surface area contributed by atoms with Gasteiger partial charge in [-0.1, -0.05) is 0 Å². The molecule has 1 rings (SSSR count). The first-order valence-corrected chi connectivity index (χ1v) is 6.00. The second-order valence-corrected chi connectivity index (χ2v) is 4.31. The molecule has 19 heavy (non-hydrogen) atoms. The summed E-state index contributed by atoms with van der Waals surface area (Å²) in [5.41, 5.74) is -0.982. The fraction of sp³-hybridized carbons (Fsp3) is 0.364. The van der Waals surface area contributed by atoms with Gasteiger partial charge in [0, 0.05) is 6.07 Å². The Morgan fingerprint density at radius 3 is 2.53 bits per heavy atom. The molecule has 0 spiro atoms. The molecule has 0 radical (unpaired) electrons. The SMILES string of the molecule is O=C(O)c1cc(C(O)C(O)CCS)ccc1[N+](=O)[O-]. The zero-order valence-electron chi connectivity index (χ0n) is 9.76. The highest BCUT2D eigenvalue weighted by atomic mass is 32.1. The van der Waals surface area contributed by atoms with Crippen LogP contribution in [0.25, 0.3) is 0 Å². The van der Waals surface area contributed by atoms with Crippen molar-refractivity contribution in [3.63, 3.8) is 0 Å². The molecule has 1 aromatic carbocycles. The van der Waals surface area contributed by atoms with Crippen molar-refractivity contribution in [1.29, 1.82) is 0 Å². The van der Waals surface area contributed by atoms with Crippen LogP contribution in [0.4, 0.5) is 5.69 Å². The number of aromatic carboxylic acids is 1. The van der Waals surface area contributed by atoms with Crippen LogP contribution in [-0.4, -0.2) is 38.1 Å². The first-order valence-electron chi connectivity index (χ1n) is 5.37. The summed E-state index contributed by atoms with van der Waals surface area (Å²) in [4.78, 5) is 20.8. The zero-order valence-corrected chi connectivity index (χ0v) is 10.7. The minimum Gasteiger partial charge on any atom is -0.477 e. The van der Waals surface area contributed by atoms with E-state index in [1.165, 1.54) is 6.07 Å². The molecule has 2 unspecified atom stereocenters. The average Bonchev–Trinajstić information content (AvgIpc) is 2.37. The van der Waals surface area contributed by atoms with Crippen LogP contribution in [0.5, 0.6) is 0 Å². The van der Waals surface area contributed by atoms with Crippen LogP contribution in [0.15, 0.2) is 18.2 Å². The number of rotatable bonds is 6. The van der Waals surface area contributed by atoms with E-state index in [2.05, 4.69) is 12.6 Å². The lowest BCUT2D eigenvalue weighted by Crippen LogP contribution is -2.19. The summed E-state index contributed by atoms with van der Waals surface area (Å²) in [6, 6.07) is 3.21. The predicted octanol–water partition coefficient (Wildman–Crippen LogP) is 1.01. The molecule has 104 valence electrons. The fourth-order valence-corrected chi connectivity index (χ4v) is 1.84. The van der Waals surface area contributed by atoms with E-state index in [4.69, 9.17) is 5.11 Å². The highest BCUT2D eigenvalue weighted by Crippen LogP contribution is 2.26. The Morgan fingerprint density at radius 2 is 2.05 bits per heavy atom. The number of hydrogen-bond acceptors (Lipinski definition) is 6. The van der Waals surface area contributed by atoms with Gasteiger partial charge in [0.05, 0.1) is 11.0 Å². The lowest BCUT2D eigenvalue weighted by Gasteiger charge is -2.17. The maximum atomic E-state index is 10.9. The number of hydrogen-bond donors (Lipinski definition) is 4. The zero-order chi connectivity index (χ0) is 14.6. The van der Waals surface area contributed by atoms with Crippen LogP contribution in [0, 0.1) is 10.1 Å². The summed E-state index contributed by atoms with van der Waals surface area (Å²) in [5.74, 6) is -1.12. The molecule has 8 heteroatoms. The molecule has 0 aliphatic heterocycles. The van der Waals surface area contributed by atoms with Crippen molar-refractivity contribution < 1.29 is 25.0 Å². The number of carbonyl (C=O) groups is 1. The number of aliphatic hydroxyl groups excluding tert-OH is 2. The number of nitrogens with zero attached hydrogens (tertiary/aromatic N) is 1. The van der Waals surface area contributed by atoms with E-state index >= 15 is 0 Å². The molecule has 0 bridgehead atoms. The first kappa shape index (κ1) is 15.4. The lowest BCUT2D eigenvalue weighted by molar-refractivity contribution is -0.385. The third-order valence-electron chi connectivity index (χ3n) is 2.58. The van der Waals surface area contributed by atoms with Gasteiger partial charge in [-0.3, -0.25) is 10.1 Å². The maximum absolute atomic E-state index is 10.9. The number of thiol groups is 1. The average molecular weight is 287 g/mol. The topological polar surface area (TPSA) is 121 Å². The van der Waals surface area contributed by atoms with Gasteiger partial charge in [-0.2, -0.15) is 12.6 Å². The molecule has 0 fully saturated rings. The van der Waals surface area contributed by atoms with Gasteiger partial charge in [-0.15, -0.1) is 0 Å². The summed E-state index contributed by atoms with van der Waals surface area (Å²) in [7, 11) is 0. The Morgan fingerprint density at radius 1 is 1.42 bits per heavy atom. The fourth-order valence-electron chi connectivity index (χ4n) is 1.58. The van der Waals surface area contributed by atoms with Gasteiger partial charge in [-0.25, -0.2) is 4.79 Å². The number of carboxylic acid groups (broad SMARTS) is 1. The van der Waals surface area contributed by atoms with Gasteiger partial charge in [-0.05, 0) is 29.9 Å². The van der Waals surface area contributed by atoms with Gasteiger partial charge < -0.3 is 15.3 Å². The normalized spacial score (nSPS) is 13.8.